The van der Waals surface area contributed by atoms with Crippen LogP contribution in [0.2, 0.25) is 0 Å². The van der Waals surface area contributed by atoms with Crippen LogP contribution in [0.25, 0.3) is 0 Å². The highest BCUT2D eigenvalue weighted by atomic mass is 32.1. The molecule has 0 radical (unpaired) electrons. The molecule has 0 saturated carbocycles. The standard InChI is InChI=1S/C20H22N2O5S/c23-18(21-11-14-3-4-15-16(10-14)27-13-26-15)19(24)22-12-20(5-7-25-8-6-20)17-2-1-9-28-17/h1-4,9-10H,5-8,11-13H2,(H,21,23)(H,22,24). The quantitative estimate of drug-likeness (QED) is 0.747. The molecular weight excluding hydrogens is 380 g/mol. The van der Waals surface area contributed by atoms with E-state index in [2.05, 4.69) is 16.7 Å². The minimum Gasteiger partial charge on any atom is -0.454 e. The molecule has 0 aliphatic carbocycles. The van der Waals surface area contributed by atoms with Crippen LogP contribution in [0.3, 0.4) is 0 Å². The molecule has 1 fully saturated rings. The SMILES string of the molecule is O=C(NCc1ccc2c(c1)OCO2)C(=O)NCC1(c2cccs2)CCOCC1. The molecule has 4 rings (SSSR count). The summed E-state index contributed by atoms with van der Waals surface area (Å²) < 4.78 is 16.1. The Morgan fingerprint density at radius 1 is 1.04 bits per heavy atom. The van der Waals surface area contributed by atoms with E-state index in [1.807, 2.05) is 17.5 Å². The van der Waals surface area contributed by atoms with E-state index in [4.69, 9.17) is 14.2 Å². The number of benzene rings is 1. The van der Waals surface area contributed by atoms with E-state index in [0.717, 1.165) is 18.4 Å². The maximum atomic E-state index is 12.3. The second-order valence-electron chi connectivity index (χ2n) is 6.92. The first-order valence-electron chi connectivity index (χ1n) is 9.23. The highest BCUT2D eigenvalue weighted by Gasteiger charge is 2.36. The summed E-state index contributed by atoms with van der Waals surface area (Å²) in [5.41, 5.74) is 0.671. The van der Waals surface area contributed by atoms with Crippen molar-refractivity contribution in [2.75, 3.05) is 26.6 Å². The summed E-state index contributed by atoms with van der Waals surface area (Å²) in [6, 6.07) is 9.52. The van der Waals surface area contributed by atoms with Gasteiger partial charge in [-0.05, 0) is 42.0 Å². The van der Waals surface area contributed by atoms with Crippen LogP contribution in [-0.4, -0.2) is 38.4 Å². The Morgan fingerprint density at radius 2 is 1.82 bits per heavy atom. The Morgan fingerprint density at radius 3 is 2.61 bits per heavy atom. The number of carbonyl (C=O) groups excluding carboxylic acids is 2. The van der Waals surface area contributed by atoms with E-state index in [-0.39, 0.29) is 18.8 Å². The molecule has 2 amide bonds. The van der Waals surface area contributed by atoms with Gasteiger partial charge in [0, 0.05) is 36.6 Å². The maximum Gasteiger partial charge on any atom is 0.309 e. The van der Waals surface area contributed by atoms with Gasteiger partial charge in [0.1, 0.15) is 0 Å². The van der Waals surface area contributed by atoms with E-state index in [0.29, 0.717) is 31.3 Å². The molecule has 2 aliphatic rings. The lowest BCUT2D eigenvalue weighted by molar-refractivity contribution is -0.139. The molecule has 7 nitrogen and oxygen atoms in total. The predicted octanol–water partition coefficient (Wildman–Crippen LogP) is 1.96. The van der Waals surface area contributed by atoms with Crippen molar-refractivity contribution in [1.29, 1.82) is 0 Å². The molecule has 0 bridgehead atoms. The van der Waals surface area contributed by atoms with E-state index in [9.17, 15) is 9.59 Å². The van der Waals surface area contributed by atoms with Crippen molar-refractivity contribution in [3.63, 3.8) is 0 Å². The number of hydrogen-bond donors (Lipinski definition) is 2. The molecular formula is C20H22N2O5S. The summed E-state index contributed by atoms with van der Waals surface area (Å²) in [5, 5.41) is 7.50. The molecule has 2 aromatic rings. The third-order valence-electron chi connectivity index (χ3n) is 5.18. The largest absolute Gasteiger partial charge is 0.454 e. The second-order valence-corrected chi connectivity index (χ2v) is 7.87. The molecule has 0 atom stereocenters. The molecule has 0 spiro atoms. The van der Waals surface area contributed by atoms with E-state index in [1.165, 1.54) is 4.88 Å². The topological polar surface area (TPSA) is 85.9 Å². The molecule has 3 heterocycles. The van der Waals surface area contributed by atoms with E-state index >= 15 is 0 Å². The van der Waals surface area contributed by atoms with Crippen LogP contribution in [0.5, 0.6) is 11.5 Å². The first kappa shape index (κ1) is 18.8. The Kier molecular flexibility index (Phi) is 5.50. The smallest absolute Gasteiger partial charge is 0.309 e. The maximum absolute atomic E-state index is 12.3. The van der Waals surface area contributed by atoms with Crippen LogP contribution in [-0.2, 0) is 26.3 Å². The van der Waals surface area contributed by atoms with Crippen molar-refractivity contribution in [1.82, 2.24) is 10.6 Å². The minimum atomic E-state index is -0.647. The summed E-state index contributed by atoms with van der Waals surface area (Å²) >= 11 is 1.68. The third kappa shape index (κ3) is 3.98. The van der Waals surface area contributed by atoms with E-state index < -0.39 is 11.8 Å². The number of rotatable bonds is 5. The zero-order valence-corrected chi connectivity index (χ0v) is 16.2. The summed E-state index contributed by atoms with van der Waals surface area (Å²) in [6.07, 6.45) is 1.65. The lowest BCUT2D eigenvalue weighted by Crippen LogP contribution is -2.48. The number of thiophene rings is 1. The predicted molar refractivity (Wildman–Crippen MR) is 103 cm³/mol. The first-order valence-corrected chi connectivity index (χ1v) is 10.1. The lowest BCUT2D eigenvalue weighted by atomic mass is 9.78. The number of carbonyl (C=O) groups is 2. The molecule has 1 saturated heterocycles. The normalized spacial score (nSPS) is 17.1. The summed E-state index contributed by atoms with van der Waals surface area (Å²) in [7, 11) is 0. The van der Waals surface area contributed by atoms with Crippen LogP contribution >= 0.6 is 11.3 Å². The summed E-state index contributed by atoms with van der Waals surface area (Å²) in [4.78, 5) is 25.7. The fraction of sp³-hybridized carbons (Fsp3) is 0.400. The molecule has 1 aromatic carbocycles. The van der Waals surface area contributed by atoms with Gasteiger partial charge >= 0.3 is 11.8 Å². The van der Waals surface area contributed by atoms with Gasteiger partial charge in [0.15, 0.2) is 11.5 Å². The van der Waals surface area contributed by atoms with Gasteiger partial charge in [-0.3, -0.25) is 9.59 Å². The van der Waals surface area contributed by atoms with Crippen LogP contribution in [0.4, 0.5) is 0 Å². The first-order chi connectivity index (χ1) is 13.7. The molecule has 8 heteroatoms. The number of hydrogen-bond acceptors (Lipinski definition) is 6. The van der Waals surface area contributed by atoms with E-state index in [1.54, 1.807) is 23.5 Å². The minimum absolute atomic E-state index is 0.167. The average molecular weight is 402 g/mol. The van der Waals surface area contributed by atoms with Gasteiger partial charge in [-0.2, -0.15) is 0 Å². The summed E-state index contributed by atoms with van der Waals surface area (Å²) in [6.45, 7) is 2.18. The van der Waals surface area contributed by atoms with Gasteiger partial charge < -0.3 is 24.8 Å². The Balaban J connectivity index is 1.32. The number of amides is 2. The van der Waals surface area contributed by atoms with Gasteiger partial charge in [-0.15, -0.1) is 11.3 Å². The Bertz CT molecular complexity index is 846. The second kappa shape index (κ2) is 8.20. The zero-order chi connectivity index (χ0) is 19.4. The Hall–Kier alpha value is -2.58. The fourth-order valence-corrected chi connectivity index (χ4v) is 4.48. The molecule has 2 aliphatic heterocycles. The fourth-order valence-electron chi connectivity index (χ4n) is 3.50. The highest BCUT2D eigenvalue weighted by Crippen LogP contribution is 2.37. The Labute approximate surface area is 167 Å². The lowest BCUT2D eigenvalue weighted by Gasteiger charge is -2.36. The van der Waals surface area contributed by atoms with Gasteiger partial charge in [-0.25, -0.2) is 0 Å². The number of ether oxygens (including phenoxy) is 3. The third-order valence-corrected chi connectivity index (χ3v) is 6.29. The van der Waals surface area contributed by atoms with Crippen molar-refractivity contribution >= 4 is 23.2 Å². The van der Waals surface area contributed by atoms with Crippen molar-refractivity contribution in [2.24, 2.45) is 0 Å². The monoisotopic (exact) mass is 402 g/mol. The molecule has 148 valence electrons. The van der Waals surface area contributed by atoms with Gasteiger partial charge in [-0.1, -0.05) is 12.1 Å². The highest BCUT2D eigenvalue weighted by molar-refractivity contribution is 7.10. The van der Waals surface area contributed by atoms with Gasteiger partial charge in [0.2, 0.25) is 6.79 Å². The van der Waals surface area contributed by atoms with Crippen LogP contribution in [0.15, 0.2) is 35.7 Å². The number of fused-ring (bicyclic) bond motifs is 1. The van der Waals surface area contributed by atoms with Gasteiger partial charge in [0.05, 0.1) is 0 Å². The van der Waals surface area contributed by atoms with Gasteiger partial charge in [0.25, 0.3) is 0 Å². The molecule has 0 unspecified atom stereocenters. The summed E-state index contributed by atoms with van der Waals surface area (Å²) in [5.74, 6) is 0.0611. The van der Waals surface area contributed by atoms with Crippen molar-refractivity contribution in [2.45, 2.75) is 24.8 Å². The van der Waals surface area contributed by atoms with Crippen molar-refractivity contribution in [3.05, 3.63) is 46.2 Å². The molecule has 1 aromatic heterocycles. The van der Waals surface area contributed by atoms with Crippen LogP contribution in [0.1, 0.15) is 23.3 Å². The average Bonchev–Trinajstić information content (AvgIpc) is 3.42. The number of nitrogens with one attached hydrogen (secondary N) is 2. The zero-order valence-electron chi connectivity index (χ0n) is 15.4. The molecule has 2 N–H and O–H groups in total. The van der Waals surface area contributed by atoms with Crippen LogP contribution in [0, 0.1) is 0 Å². The molecule has 28 heavy (non-hydrogen) atoms. The van der Waals surface area contributed by atoms with Crippen LogP contribution < -0.4 is 20.1 Å². The van der Waals surface area contributed by atoms with Crippen molar-refractivity contribution in [3.8, 4) is 11.5 Å². The van der Waals surface area contributed by atoms with Crippen molar-refractivity contribution < 1.29 is 23.8 Å².